The van der Waals surface area contributed by atoms with Crippen LogP contribution in [0.15, 0.2) is 16.5 Å². The molecule has 3 heteroatoms. The van der Waals surface area contributed by atoms with Gasteiger partial charge in [0.1, 0.15) is 5.76 Å². The molecule has 1 fully saturated rings. The fraction of sp³-hybridized carbons (Fsp3) is 0.636. The summed E-state index contributed by atoms with van der Waals surface area (Å²) < 4.78 is 5.45. The highest BCUT2D eigenvalue weighted by molar-refractivity contribution is 6.28. The third-order valence-electron chi connectivity index (χ3n) is 2.61. The summed E-state index contributed by atoms with van der Waals surface area (Å²) in [5.41, 5.74) is 0. The molecule has 1 saturated carbocycles. The molecule has 1 aliphatic rings. The van der Waals surface area contributed by atoms with Crippen molar-refractivity contribution >= 4 is 11.6 Å². The van der Waals surface area contributed by atoms with Gasteiger partial charge in [-0.05, 0) is 55.5 Å². The van der Waals surface area contributed by atoms with Crippen LogP contribution in [-0.2, 0) is 0 Å². The number of nitrogens with one attached hydrogen (secondary N) is 1. The van der Waals surface area contributed by atoms with Crippen LogP contribution < -0.4 is 5.32 Å². The average molecular weight is 214 g/mol. The fourth-order valence-electron chi connectivity index (χ4n) is 1.72. The molecule has 1 heterocycles. The Balaban J connectivity index is 2.02. The lowest BCUT2D eigenvalue weighted by atomic mass is 10.1. The standard InChI is InChI=1S/C11H16ClNO/c1-2-7-13-11(8-3-4-8)9-5-6-10(12)14-9/h5-6,8,11,13H,2-4,7H2,1H3. The minimum atomic E-state index is 0.377. The molecule has 0 saturated heterocycles. The second-order valence-corrected chi connectivity index (χ2v) is 4.28. The topological polar surface area (TPSA) is 25.2 Å². The zero-order valence-corrected chi connectivity index (χ0v) is 9.18. The van der Waals surface area contributed by atoms with Crippen molar-refractivity contribution in [2.45, 2.75) is 32.2 Å². The van der Waals surface area contributed by atoms with E-state index in [9.17, 15) is 0 Å². The third-order valence-corrected chi connectivity index (χ3v) is 2.81. The van der Waals surface area contributed by atoms with Crippen LogP contribution in [0, 0.1) is 5.92 Å². The van der Waals surface area contributed by atoms with Crippen molar-refractivity contribution in [2.24, 2.45) is 5.92 Å². The van der Waals surface area contributed by atoms with E-state index in [0.717, 1.165) is 24.6 Å². The van der Waals surface area contributed by atoms with Crippen LogP contribution in [0.2, 0.25) is 5.22 Å². The van der Waals surface area contributed by atoms with Crippen LogP contribution in [0.1, 0.15) is 38.0 Å². The van der Waals surface area contributed by atoms with Gasteiger partial charge in [-0.15, -0.1) is 0 Å². The highest BCUT2D eigenvalue weighted by atomic mass is 35.5. The Labute approximate surface area is 89.6 Å². The van der Waals surface area contributed by atoms with Gasteiger partial charge >= 0.3 is 0 Å². The maximum absolute atomic E-state index is 5.77. The number of hydrogen-bond acceptors (Lipinski definition) is 2. The number of halogens is 1. The summed E-state index contributed by atoms with van der Waals surface area (Å²) in [4.78, 5) is 0. The second-order valence-electron chi connectivity index (χ2n) is 3.91. The lowest BCUT2D eigenvalue weighted by molar-refractivity contribution is 0.384. The zero-order chi connectivity index (χ0) is 9.97. The molecule has 1 atom stereocenters. The van der Waals surface area contributed by atoms with Gasteiger partial charge in [-0.1, -0.05) is 6.92 Å². The normalized spacial score (nSPS) is 18.4. The molecule has 1 aliphatic carbocycles. The van der Waals surface area contributed by atoms with Crippen LogP contribution in [-0.4, -0.2) is 6.54 Å². The maximum Gasteiger partial charge on any atom is 0.193 e. The summed E-state index contributed by atoms with van der Waals surface area (Å²) in [7, 11) is 0. The summed E-state index contributed by atoms with van der Waals surface area (Å²) >= 11 is 5.77. The van der Waals surface area contributed by atoms with Crippen LogP contribution in [0.4, 0.5) is 0 Å². The first kappa shape index (κ1) is 10.1. The third kappa shape index (κ3) is 2.31. The quantitative estimate of drug-likeness (QED) is 0.811. The highest BCUT2D eigenvalue weighted by Crippen LogP contribution is 2.41. The van der Waals surface area contributed by atoms with E-state index < -0.39 is 0 Å². The van der Waals surface area contributed by atoms with E-state index in [1.807, 2.05) is 12.1 Å². The minimum absolute atomic E-state index is 0.377. The maximum atomic E-state index is 5.77. The van der Waals surface area contributed by atoms with E-state index in [2.05, 4.69) is 12.2 Å². The van der Waals surface area contributed by atoms with E-state index in [0.29, 0.717) is 11.3 Å². The van der Waals surface area contributed by atoms with Crippen molar-refractivity contribution in [1.82, 2.24) is 5.32 Å². The largest absolute Gasteiger partial charge is 0.448 e. The Morgan fingerprint density at radius 1 is 1.57 bits per heavy atom. The molecule has 0 spiro atoms. The second kappa shape index (κ2) is 4.37. The first-order chi connectivity index (χ1) is 6.81. The van der Waals surface area contributed by atoms with Gasteiger partial charge in [0.15, 0.2) is 5.22 Å². The monoisotopic (exact) mass is 213 g/mol. The Morgan fingerprint density at radius 2 is 2.36 bits per heavy atom. The summed E-state index contributed by atoms with van der Waals surface area (Å²) in [6.07, 6.45) is 3.76. The van der Waals surface area contributed by atoms with Crippen molar-refractivity contribution in [2.75, 3.05) is 6.54 Å². The smallest absolute Gasteiger partial charge is 0.193 e. The molecule has 0 radical (unpaired) electrons. The van der Waals surface area contributed by atoms with Crippen LogP contribution in [0.25, 0.3) is 0 Å². The van der Waals surface area contributed by atoms with Crippen molar-refractivity contribution < 1.29 is 4.42 Å². The minimum Gasteiger partial charge on any atom is -0.448 e. The van der Waals surface area contributed by atoms with E-state index in [1.165, 1.54) is 12.8 Å². The molecule has 0 amide bonds. The van der Waals surface area contributed by atoms with Crippen LogP contribution in [0.5, 0.6) is 0 Å². The molecule has 2 rings (SSSR count). The number of hydrogen-bond donors (Lipinski definition) is 1. The molecule has 1 aromatic heterocycles. The van der Waals surface area contributed by atoms with Crippen LogP contribution >= 0.6 is 11.6 Å². The first-order valence-electron chi connectivity index (χ1n) is 5.30. The van der Waals surface area contributed by atoms with Gasteiger partial charge in [-0.25, -0.2) is 0 Å². The van der Waals surface area contributed by atoms with Crippen molar-refractivity contribution in [1.29, 1.82) is 0 Å². The molecule has 0 aromatic carbocycles. The molecule has 78 valence electrons. The van der Waals surface area contributed by atoms with Gasteiger partial charge in [0, 0.05) is 0 Å². The molecule has 0 aliphatic heterocycles. The van der Waals surface area contributed by atoms with E-state index in [1.54, 1.807) is 0 Å². The number of furan rings is 1. The molecule has 14 heavy (non-hydrogen) atoms. The van der Waals surface area contributed by atoms with Gasteiger partial charge in [-0.2, -0.15) is 0 Å². The van der Waals surface area contributed by atoms with Gasteiger partial charge < -0.3 is 9.73 Å². The van der Waals surface area contributed by atoms with E-state index >= 15 is 0 Å². The first-order valence-corrected chi connectivity index (χ1v) is 5.67. The van der Waals surface area contributed by atoms with E-state index in [-0.39, 0.29) is 0 Å². The lowest BCUT2D eigenvalue weighted by Crippen LogP contribution is -2.23. The molecule has 1 aromatic rings. The average Bonchev–Trinajstić information content (AvgIpc) is 2.91. The highest BCUT2D eigenvalue weighted by Gasteiger charge is 2.33. The van der Waals surface area contributed by atoms with Crippen LogP contribution in [0.3, 0.4) is 0 Å². The van der Waals surface area contributed by atoms with Crippen molar-refractivity contribution in [3.05, 3.63) is 23.1 Å². The predicted molar refractivity (Wildman–Crippen MR) is 57.5 cm³/mol. The Bertz CT molecular complexity index is 293. The Morgan fingerprint density at radius 3 is 2.86 bits per heavy atom. The summed E-state index contributed by atoms with van der Waals surface area (Å²) in [6, 6.07) is 4.18. The Kier molecular flexibility index (Phi) is 3.14. The van der Waals surface area contributed by atoms with Gasteiger partial charge in [0.25, 0.3) is 0 Å². The van der Waals surface area contributed by atoms with Gasteiger partial charge in [0.05, 0.1) is 6.04 Å². The fourth-order valence-corrected chi connectivity index (χ4v) is 1.88. The molecular formula is C11H16ClNO. The Hall–Kier alpha value is -0.470. The summed E-state index contributed by atoms with van der Waals surface area (Å²) in [6.45, 7) is 3.21. The number of rotatable bonds is 5. The molecule has 0 bridgehead atoms. The molecule has 2 nitrogen and oxygen atoms in total. The molecule has 1 unspecified atom stereocenters. The summed E-state index contributed by atoms with van der Waals surface area (Å²) in [5.74, 6) is 1.75. The molecule has 1 N–H and O–H groups in total. The van der Waals surface area contributed by atoms with E-state index in [4.69, 9.17) is 16.0 Å². The van der Waals surface area contributed by atoms with Crippen molar-refractivity contribution in [3.8, 4) is 0 Å². The predicted octanol–water partition coefficient (Wildman–Crippen LogP) is 3.38. The SMILES string of the molecule is CCCNC(c1ccc(Cl)o1)C1CC1. The zero-order valence-electron chi connectivity index (χ0n) is 8.42. The van der Waals surface area contributed by atoms with Crippen molar-refractivity contribution in [3.63, 3.8) is 0 Å². The lowest BCUT2D eigenvalue weighted by Gasteiger charge is -2.14. The van der Waals surface area contributed by atoms with Gasteiger partial charge in [0.2, 0.25) is 0 Å². The molecular weight excluding hydrogens is 198 g/mol. The van der Waals surface area contributed by atoms with Gasteiger partial charge in [-0.3, -0.25) is 0 Å². The summed E-state index contributed by atoms with van der Waals surface area (Å²) in [5, 5.41) is 4.00.